The SMILES string of the molecule is CCCc1cncc(C(=O)NO)c1.NC(=O)c1ccc(-c2ccccc2)cc1. The third kappa shape index (κ3) is 6.03. The van der Waals surface area contributed by atoms with E-state index in [-0.39, 0.29) is 0 Å². The molecule has 3 aromatic rings. The Morgan fingerprint density at radius 2 is 1.61 bits per heavy atom. The molecule has 1 heterocycles. The molecule has 0 bridgehead atoms. The first-order valence-corrected chi connectivity index (χ1v) is 8.88. The molecule has 6 nitrogen and oxygen atoms in total. The molecule has 4 N–H and O–H groups in total. The summed E-state index contributed by atoms with van der Waals surface area (Å²) in [4.78, 5) is 25.7. The quantitative estimate of drug-likeness (QED) is 0.466. The fourth-order valence-electron chi connectivity index (χ4n) is 2.56. The summed E-state index contributed by atoms with van der Waals surface area (Å²) in [6, 6.07) is 19.0. The Kier molecular flexibility index (Phi) is 7.87. The van der Waals surface area contributed by atoms with Crippen LogP contribution < -0.4 is 11.2 Å². The number of benzene rings is 2. The van der Waals surface area contributed by atoms with Gasteiger partial charge in [-0.3, -0.25) is 19.8 Å². The highest BCUT2D eigenvalue weighted by molar-refractivity contribution is 5.93. The van der Waals surface area contributed by atoms with Gasteiger partial charge in [0.25, 0.3) is 5.91 Å². The van der Waals surface area contributed by atoms with E-state index in [9.17, 15) is 9.59 Å². The van der Waals surface area contributed by atoms with Crippen molar-refractivity contribution in [3.05, 3.63) is 89.7 Å². The molecule has 0 saturated carbocycles. The molecule has 2 amide bonds. The lowest BCUT2D eigenvalue weighted by atomic mass is 10.0. The molecule has 0 aliphatic carbocycles. The van der Waals surface area contributed by atoms with Gasteiger partial charge in [0.05, 0.1) is 5.56 Å². The van der Waals surface area contributed by atoms with Gasteiger partial charge in [0.1, 0.15) is 0 Å². The van der Waals surface area contributed by atoms with Crippen molar-refractivity contribution in [2.45, 2.75) is 19.8 Å². The van der Waals surface area contributed by atoms with Crippen LogP contribution in [0.2, 0.25) is 0 Å². The standard InChI is InChI=1S/C13H11NO.C9H12N2O2/c14-13(15)12-8-6-11(7-9-12)10-4-2-1-3-5-10;1-2-3-7-4-8(6-10-5-7)9(12)11-13/h1-9H,(H2,14,15);4-6,13H,2-3H2,1H3,(H,11,12). The summed E-state index contributed by atoms with van der Waals surface area (Å²) in [7, 11) is 0. The van der Waals surface area contributed by atoms with Gasteiger partial charge in [-0.1, -0.05) is 55.8 Å². The third-order valence-electron chi connectivity index (χ3n) is 3.97. The van der Waals surface area contributed by atoms with Crippen molar-refractivity contribution >= 4 is 11.8 Å². The molecule has 1 aromatic heterocycles. The molecule has 0 fully saturated rings. The largest absolute Gasteiger partial charge is 0.366 e. The van der Waals surface area contributed by atoms with E-state index in [1.54, 1.807) is 29.9 Å². The summed E-state index contributed by atoms with van der Waals surface area (Å²) in [6.07, 6.45) is 5.04. The van der Waals surface area contributed by atoms with Crippen molar-refractivity contribution in [1.82, 2.24) is 10.5 Å². The lowest BCUT2D eigenvalue weighted by Crippen LogP contribution is -2.18. The van der Waals surface area contributed by atoms with Gasteiger partial charge >= 0.3 is 0 Å². The van der Waals surface area contributed by atoms with Crippen LogP contribution >= 0.6 is 0 Å². The lowest BCUT2D eigenvalue weighted by molar-refractivity contribution is 0.0705. The molecule has 0 atom stereocenters. The van der Waals surface area contributed by atoms with Gasteiger partial charge in [-0.25, -0.2) is 5.48 Å². The highest BCUT2D eigenvalue weighted by atomic mass is 16.5. The zero-order chi connectivity index (χ0) is 20.4. The summed E-state index contributed by atoms with van der Waals surface area (Å²) >= 11 is 0. The highest BCUT2D eigenvalue weighted by Crippen LogP contribution is 2.18. The third-order valence-corrected chi connectivity index (χ3v) is 3.97. The van der Waals surface area contributed by atoms with Crippen molar-refractivity contribution < 1.29 is 14.8 Å². The Labute approximate surface area is 164 Å². The van der Waals surface area contributed by atoms with Gasteiger partial charge in [0.2, 0.25) is 5.91 Å². The van der Waals surface area contributed by atoms with Crippen LogP contribution in [0.4, 0.5) is 0 Å². The van der Waals surface area contributed by atoms with Gasteiger partial charge in [0, 0.05) is 18.0 Å². The number of nitrogens with one attached hydrogen (secondary N) is 1. The molecule has 0 spiro atoms. The second-order valence-corrected chi connectivity index (χ2v) is 6.08. The fraction of sp³-hybridized carbons (Fsp3) is 0.136. The fourth-order valence-corrected chi connectivity index (χ4v) is 2.56. The van der Waals surface area contributed by atoms with E-state index in [0.717, 1.165) is 29.5 Å². The van der Waals surface area contributed by atoms with Crippen molar-refractivity contribution in [2.24, 2.45) is 5.73 Å². The van der Waals surface area contributed by atoms with Crippen LogP contribution in [0.5, 0.6) is 0 Å². The van der Waals surface area contributed by atoms with Crippen LogP contribution in [0.25, 0.3) is 11.1 Å². The number of aromatic nitrogens is 1. The predicted molar refractivity (Wildman–Crippen MR) is 108 cm³/mol. The Hall–Kier alpha value is -3.51. The number of rotatable bonds is 5. The minimum absolute atomic E-state index is 0.383. The van der Waals surface area contributed by atoms with Crippen molar-refractivity contribution in [1.29, 1.82) is 0 Å². The number of hydrogen-bond donors (Lipinski definition) is 3. The molecule has 3 rings (SSSR count). The van der Waals surface area contributed by atoms with E-state index in [1.165, 1.54) is 6.20 Å². The van der Waals surface area contributed by atoms with Gasteiger partial charge in [-0.2, -0.15) is 0 Å². The number of aryl methyl sites for hydroxylation is 1. The zero-order valence-electron chi connectivity index (χ0n) is 15.6. The maximum absolute atomic E-state index is 11.0. The van der Waals surface area contributed by atoms with Gasteiger partial charge in [-0.05, 0) is 41.3 Å². The highest BCUT2D eigenvalue weighted by Gasteiger charge is 2.04. The van der Waals surface area contributed by atoms with E-state index in [1.807, 2.05) is 42.5 Å². The lowest BCUT2D eigenvalue weighted by Gasteiger charge is -2.01. The van der Waals surface area contributed by atoms with Crippen LogP contribution in [-0.4, -0.2) is 22.0 Å². The van der Waals surface area contributed by atoms with E-state index >= 15 is 0 Å². The molecule has 0 radical (unpaired) electrons. The molecule has 144 valence electrons. The first-order valence-electron chi connectivity index (χ1n) is 8.88. The monoisotopic (exact) mass is 377 g/mol. The summed E-state index contributed by atoms with van der Waals surface area (Å²) in [5.74, 6) is -0.917. The summed E-state index contributed by atoms with van der Waals surface area (Å²) in [5.41, 5.74) is 10.9. The molecule has 0 unspecified atom stereocenters. The van der Waals surface area contributed by atoms with Crippen LogP contribution in [0.15, 0.2) is 73.1 Å². The van der Waals surface area contributed by atoms with Crippen LogP contribution in [0.1, 0.15) is 39.6 Å². The van der Waals surface area contributed by atoms with Crippen molar-refractivity contribution in [3.63, 3.8) is 0 Å². The average molecular weight is 377 g/mol. The summed E-state index contributed by atoms with van der Waals surface area (Å²) in [5, 5.41) is 8.38. The van der Waals surface area contributed by atoms with Gasteiger partial charge in [-0.15, -0.1) is 0 Å². The zero-order valence-corrected chi connectivity index (χ0v) is 15.6. The van der Waals surface area contributed by atoms with E-state index in [4.69, 9.17) is 10.9 Å². The molecule has 2 aromatic carbocycles. The number of nitrogens with zero attached hydrogens (tertiary/aromatic N) is 1. The Morgan fingerprint density at radius 3 is 2.18 bits per heavy atom. The second kappa shape index (κ2) is 10.6. The molecule has 0 aliphatic heterocycles. The minimum Gasteiger partial charge on any atom is -0.366 e. The number of carbonyl (C=O) groups is 2. The van der Waals surface area contributed by atoms with Gasteiger partial charge in [0.15, 0.2) is 0 Å². The van der Waals surface area contributed by atoms with Crippen molar-refractivity contribution in [3.8, 4) is 11.1 Å². The van der Waals surface area contributed by atoms with Crippen LogP contribution in [-0.2, 0) is 6.42 Å². The van der Waals surface area contributed by atoms with E-state index < -0.39 is 11.8 Å². The number of hydroxylamine groups is 1. The molecule has 28 heavy (non-hydrogen) atoms. The molecule has 6 heteroatoms. The Bertz CT molecular complexity index is 910. The minimum atomic E-state index is -0.523. The smallest absolute Gasteiger partial charge is 0.276 e. The first-order chi connectivity index (χ1) is 13.5. The number of primary amides is 1. The molecular weight excluding hydrogens is 354 g/mol. The maximum atomic E-state index is 11.0. The maximum Gasteiger partial charge on any atom is 0.276 e. The normalized spacial score (nSPS) is 9.79. The predicted octanol–water partition coefficient (Wildman–Crippen LogP) is 3.61. The van der Waals surface area contributed by atoms with E-state index in [0.29, 0.717) is 11.1 Å². The number of amides is 2. The number of hydrogen-bond acceptors (Lipinski definition) is 4. The van der Waals surface area contributed by atoms with Gasteiger partial charge < -0.3 is 5.73 Å². The second-order valence-electron chi connectivity index (χ2n) is 6.08. The van der Waals surface area contributed by atoms with Crippen molar-refractivity contribution in [2.75, 3.05) is 0 Å². The average Bonchev–Trinajstić information content (AvgIpc) is 2.75. The molecule has 0 aliphatic rings. The van der Waals surface area contributed by atoms with Crippen LogP contribution in [0.3, 0.4) is 0 Å². The Morgan fingerprint density at radius 1 is 0.964 bits per heavy atom. The van der Waals surface area contributed by atoms with Crippen LogP contribution in [0, 0.1) is 0 Å². The number of pyridine rings is 1. The number of carbonyl (C=O) groups excluding carboxylic acids is 2. The summed E-state index contributed by atoms with van der Waals surface area (Å²) in [6.45, 7) is 2.05. The first kappa shape index (κ1) is 20.8. The molecule has 0 saturated heterocycles. The molecular formula is C22H23N3O3. The topological polar surface area (TPSA) is 105 Å². The summed E-state index contributed by atoms with van der Waals surface area (Å²) < 4.78 is 0. The van der Waals surface area contributed by atoms with E-state index in [2.05, 4.69) is 11.9 Å². The Balaban J connectivity index is 0.000000203. The number of nitrogens with two attached hydrogens (primary N) is 1.